The highest BCUT2D eigenvalue weighted by Crippen LogP contribution is 2.57. The highest BCUT2D eigenvalue weighted by molar-refractivity contribution is 8.41. The van der Waals surface area contributed by atoms with Gasteiger partial charge < -0.3 is 0 Å². The first-order valence-corrected chi connectivity index (χ1v) is 6.06. The largest absolute Gasteiger partial charge is 0.183 e. The van der Waals surface area contributed by atoms with Crippen molar-refractivity contribution in [3.8, 4) is 0 Å². The third kappa shape index (κ3) is 1.75. The van der Waals surface area contributed by atoms with E-state index in [0.717, 1.165) is 7.96 Å². The second-order valence-electron chi connectivity index (χ2n) is 0.564. The lowest BCUT2D eigenvalue weighted by Crippen LogP contribution is -1.77. The average molecular weight is 144 g/mol. The zero-order valence-corrected chi connectivity index (χ0v) is 5.72. The van der Waals surface area contributed by atoms with E-state index in [1.807, 2.05) is 0 Å². The van der Waals surface area contributed by atoms with Gasteiger partial charge in [-0.25, -0.2) is 0 Å². The summed E-state index contributed by atoms with van der Waals surface area (Å²) in [4.78, 5) is 0. The molecule has 2 atom stereocenters. The minimum absolute atomic E-state index is 0.495. The molecule has 6 heavy (non-hydrogen) atoms. The Morgan fingerprint density at radius 3 is 1.83 bits per heavy atom. The Morgan fingerprint density at radius 1 is 1.00 bits per heavy atom. The molecular weight excluding hydrogens is 141 g/mol. The Hall–Kier alpha value is 1.17. The average Bonchev–Trinajstić information content (AvgIpc) is 1.72. The van der Waals surface area contributed by atoms with Crippen molar-refractivity contribution >= 4 is 25.0 Å². The van der Waals surface area contributed by atoms with Gasteiger partial charge in [0, 0.05) is 0 Å². The van der Waals surface area contributed by atoms with E-state index in [-0.39, 0.29) is 0 Å². The monoisotopic (exact) mass is 144 g/mol. The van der Waals surface area contributed by atoms with E-state index in [0.29, 0.717) is 17.0 Å². The molecule has 0 aliphatic carbocycles. The molecule has 0 radical (unpaired) electrons. The van der Waals surface area contributed by atoms with Gasteiger partial charge in [0.15, 0.2) is 0 Å². The minimum Gasteiger partial charge on any atom is -0.183 e. The number of rotatable bonds is 0. The van der Waals surface area contributed by atoms with E-state index < -0.39 is 0 Å². The molecular formula is H3O3P3. The van der Waals surface area contributed by atoms with Gasteiger partial charge in [0.1, 0.15) is 0 Å². The van der Waals surface area contributed by atoms with Crippen molar-refractivity contribution in [2.75, 3.05) is 0 Å². The lowest BCUT2D eigenvalue weighted by atomic mass is 14.6. The van der Waals surface area contributed by atoms with Crippen LogP contribution in [0.1, 0.15) is 0 Å². The maximum absolute atomic E-state index is 4.39. The predicted molar refractivity (Wildman–Crippen MR) is 28.2 cm³/mol. The Labute approximate surface area is 40.3 Å². The third-order valence-electron chi connectivity index (χ3n) is 0.253. The summed E-state index contributed by atoms with van der Waals surface area (Å²) >= 11 is 0. The molecule has 0 aromatic heterocycles. The Kier molecular flexibility index (Phi) is 2.84. The van der Waals surface area contributed by atoms with Gasteiger partial charge in [-0.05, 0) is 7.96 Å². The van der Waals surface area contributed by atoms with E-state index in [4.69, 9.17) is 0 Å². The fourth-order valence-electron chi connectivity index (χ4n) is 0.114. The normalized spacial score (nSPS) is 36.0. The Morgan fingerprint density at radius 2 is 1.67 bits per heavy atom. The van der Waals surface area contributed by atoms with Crippen molar-refractivity contribution in [3.05, 3.63) is 0 Å². The van der Waals surface area contributed by atoms with Gasteiger partial charge in [-0.3, -0.25) is 0 Å². The molecule has 1 fully saturated rings. The SMILES string of the molecule is O1OPPPO1. The van der Waals surface area contributed by atoms with Crippen LogP contribution >= 0.6 is 25.0 Å². The first-order valence-electron chi connectivity index (χ1n) is 1.24. The molecule has 2 unspecified atom stereocenters. The molecule has 0 aromatic rings. The van der Waals surface area contributed by atoms with Crippen molar-refractivity contribution in [2.45, 2.75) is 0 Å². The molecule has 0 amide bonds. The van der Waals surface area contributed by atoms with Crippen LogP contribution in [0.5, 0.6) is 0 Å². The molecule has 3 nitrogen and oxygen atoms in total. The van der Waals surface area contributed by atoms with Crippen LogP contribution in [0.4, 0.5) is 0 Å². The molecule has 0 aromatic carbocycles. The van der Waals surface area contributed by atoms with Crippen molar-refractivity contribution < 1.29 is 14.4 Å². The summed E-state index contributed by atoms with van der Waals surface area (Å²) in [6.07, 6.45) is 0. The lowest BCUT2D eigenvalue weighted by molar-refractivity contribution is -0.401. The van der Waals surface area contributed by atoms with Gasteiger partial charge >= 0.3 is 0 Å². The quantitative estimate of drug-likeness (QED) is 0.381. The van der Waals surface area contributed by atoms with Gasteiger partial charge in [-0.1, -0.05) is 5.04 Å². The lowest BCUT2D eigenvalue weighted by Gasteiger charge is -2.05. The Bertz CT molecular complexity index is 21.5. The molecule has 1 rings (SSSR count). The first-order chi connectivity index (χ1) is 3.00. The molecule has 0 N–H and O–H groups in total. The fourth-order valence-corrected chi connectivity index (χ4v) is 2.15. The molecule has 1 aliphatic rings. The van der Waals surface area contributed by atoms with Gasteiger partial charge in [0.25, 0.3) is 0 Å². The summed E-state index contributed by atoms with van der Waals surface area (Å²) in [6.45, 7) is 0. The van der Waals surface area contributed by atoms with E-state index in [1.165, 1.54) is 0 Å². The summed E-state index contributed by atoms with van der Waals surface area (Å²) in [6, 6.07) is 0. The van der Waals surface area contributed by atoms with Crippen molar-refractivity contribution in [1.82, 2.24) is 0 Å². The second-order valence-corrected chi connectivity index (χ2v) is 5.78. The first kappa shape index (κ1) is 5.31. The zero-order chi connectivity index (χ0) is 4.24. The highest BCUT2D eigenvalue weighted by atomic mass is 32.4. The smallest absolute Gasteiger partial charge is 0.0875 e. The van der Waals surface area contributed by atoms with Crippen LogP contribution in [0.2, 0.25) is 0 Å². The van der Waals surface area contributed by atoms with E-state index in [1.54, 1.807) is 0 Å². The van der Waals surface area contributed by atoms with Crippen molar-refractivity contribution in [2.24, 2.45) is 0 Å². The minimum atomic E-state index is 0.495. The predicted octanol–water partition coefficient (Wildman–Crippen LogP) is 1.58. The molecule has 0 saturated carbocycles. The maximum Gasteiger partial charge on any atom is 0.0875 e. The summed E-state index contributed by atoms with van der Waals surface area (Å²) in [5, 5.41) is 4.10. The van der Waals surface area contributed by atoms with Crippen LogP contribution in [0.3, 0.4) is 0 Å². The molecule has 1 saturated heterocycles. The molecule has 1 aliphatic heterocycles. The maximum atomic E-state index is 4.39. The van der Waals surface area contributed by atoms with Crippen LogP contribution in [0.15, 0.2) is 0 Å². The van der Waals surface area contributed by atoms with Gasteiger partial charge in [0.2, 0.25) is 0 Å². The zero-order valence-electron chi connectivity index (χ0n) is 2.72. The number of hydrogen-bond donors (Lipinski definition) is 0. The number of hydrogen-bond acceptors (Lipinski definition) is 3. The summed E-state index contributed by atoms with van der Waals surface area (Å²) in [7, 11) is 1.78. The van der Waals surface area contributed by atoms with E-state index >= 15 is 0 Å². The van der Waals surface area contributed by atoms with Crippen LogP contribution in [-0.4, -0.2) is 0 Å². The summed E-state index contributed by atoms with van der Waals surface area (Å²) in [5.74, 6) is 0. The molecule has 6 heteroatoms. The van der Waals surface area contributed by atoms with Gasteiger partial charge in [0.05, 0.1) is 17.0 Å². The highest BCUT2D eigenvalue weighted by Gasteiger charge is 1.97. The second kappa shape index (κ2) is 3.21. The Balaban J connectivity index is 2.00. The van der Waals surface area contributed by atoms with Crippen molar-refractivity contribution in [1.29, 1.82) is 0 Å². The van der Waals surface area contributed by atoms with Crippen LogP contribution in [0, 0.1) is 0 Å². The summed E-state index contributed by atoms with van der Waals surface area (Å²) < 4.78 is 8.79. The van der Waals surface area contributed by atoms with E-state index in [2.05, 4.69) is 14.4 Å². The van der Waals surface area contributed by atoms with Crippen molar-refractivity contribution in [3.63, 3.8) is 0 Å². The van der Waals surface area contributed by atoms with Gasteiger partial charge in [-0.15, -0.1) is 0 Å². The van der Waals surface area contributed by atoms with Crippen LogP contribution in [0.25, 0.3) is 0 Å². The van der Waals surface area contributed by atoms with Crippen LogP contribution in [-0.2, 0) is 14.4 Å². The molecule has 36 valence electrons. The molecule has 0 spiro atoms. The molecule has 0 bridgehead atoms. The van der Waals surface area contributed by atoms with E-state index in [9.17, 15) is 0 Å². The van der Waals surface area contributed by atoms with Crippen LogP contribution < -0.4 is 0 Å². The van der Waals surface area contributed by atoms with Gasteiger partial charge in [-0.2, -0.15) is 9.35 Å². The third-order valence-corrected chi connectivity index (χ3v) is 3.71. The molecule has 1 heterocycles. The summed E-state index contributed by atoms with van der Waals surface area (Å²) in [5.41, 5.74) is 0. The standard InChI is InChI=1S/H3O3P3/c1-2-4-6-5-3-1/h4-6H. The topological polar surface area (TPSA) is 27.7 Å². The fraction of sp³-hybridized carbons (Fsp3) is 0.